The molecule has 0 spiro atoms. The smallest absolute Gasteiger partial charge is 0.335 e. The van der Waals surface area contributed by atoms with Crippen molar-refractivity contribution in [3.8, 4) is 0 Å². The summed E-state index contributed by atoms with van der Waals surface area (Å²) in [7, 11) is 0. The Morgan fingerprint density at radius 1 is 0.684 bits per heavy atom. The number of hydrogen-bond donors (Lipinski definition) is 7. The first-order chi connectivity index (χ1) is 8.50. The van der Waals surface area contributed by atoms with E-state index in [2.05, 4.69) is 0 Å². The van der Waals surface area contributed by atoms with E-state index in [4.69, 9.17) is 35.7 Å². The summed E-state index contributed by atoms with van der Waals surface area (Å²) in [6, 6.07) is 0. The maximum Gasteiger partial charge on any atom is 0.335 e. The third-order valence-corrected chi connectivity index (χ3v) is 1.46. The lowest BCUT2D eigenvalue weighted by Crippen LogP contribution is -2.39. The second kappa shape index (κ2) is 8.79. The van der Waals surface area contributed by atoms with Crippen LogP contribution in [-0.4, -0.2) is 77.9 Å². The van der Waals surface area contributed by atoms with E-state index in [9.17, 15) is 19.2 Å². The normalized spacial score (nSPS) is 14.3. The van der Waals surface area contributed by atoms with E-state index in [-0.39, 0.29) is 0 Å². The van der Waals surface area contributed by atoms with Gasteiger partial charge in [-0.2, -0.15) is 0 Å². The van der Waals surface area contributed by atoms with Gasteiger partial charge < -0.3 is 35.7 Å². The first kappa shape index (κ1) is 19.1. The first-order valence-electron chi connectivity index (χ1n) is 4.45. The van der Waals surface area contributed by atoms with Gasteiger partial charge in [-0.05, 0) is 0 Å². The van der Waals surface area contributed by atoms with Crippen molar-refractivity contribution in [2.45, 2.75) is 24.7 Å². The number of hydrogen-bond acceptors (Lipinski definition) is 7. The minimum atomic E-state index is -2.27. The summed E-state index contributed by atoms with van der Waals surface area (Å²) in [6.45, 7) is 0. The molecule has 0 aliphatic rings. The highest BCUT2D eigenvalue weighted by molar-refractivity contribution is 5.83. The van der Waals surface area contributed by atoms with E-state index < -0.39 is 48.6 Å². The molecule has 0 amide bonds. The Balaban J connectivity index is 0. The average Bonchev–Trinajstić information content (AvgIpc) is 2.26. The van der Waals surface area contributed by atoms with E-state index in [1.54, 1.807) is 0 Å². The number of aliphatic hydroxyl groups is 3. The third kappa shape index (κ3) is 9.46. The van der Waals surface area contributed by atoms with Crippen molar-refractivity contribution in [1.29, 1.82) is 0 Å². The van der Waals surface area contributed by atoms with Crippen molar-refractivity contribution in [1.82, 2.24) is 0 Å². The highest BCUT2D eigenvalue weighted by Crippen LogP contribution is 1.92. The minimum absolute atomic E-state index is 0.755. The summed E-state index contributed by atoms with van der Waals surface area (Å²) in [5.74, 6) is -6.38. The molecule has 0 bridgehead atoms. The Hall–Kier alpha value is -2.24. The summed E-state index contributed by atoms with van der Waals surface area (Å²) in [5.41, 5.74) is 0. The Kier molecular flexibility index (Phi) is 8.84. The monoisotopic (exact) mass is 284 g/mol. The molecular weight excluding hydrogens is 272 g/mol. The number of carboxylic acid groups (broad SMARTS) is 4. The van der Waals surface area contributed by atoms with E-state index in [1.165, 1.54) is 0 Å². The van der Waals surface area contributed by atoms with Gasteiger partial charge in [0.2, 0.25) is 0 Å². The minimum Gasteiger partial charge on any atom is -0.481 e. The molecule has 0 rings (SSSR count). The van der Waals surface area contributed by atoms with Gasteiger partial charge in [0.15, 0.2) is 18.3 Å². The molecule has 0 aromatic carbocycles. The molecule has 0 heterocycles. The van der Waals surface area contributed by atoms with Gasteiger partial charge >= 0.3 is 23.9 Å². The summed E-state index contributed by atoms with van der Waals surface area (Å²) in [6.07, 6.45) is -7.08. The Labute approximate surface area is 105 Å². The van der Waals surface area contributed by atoms with Gasteiger partial charge in [0.05, 0.1) is 6.42 Å². The first-order valence-corrected chi connectivity index (χ1v) is 4.45. The quantitative estimate of drug-likeness (QED) is 0.258. The molecule has 110 valence electrons. The van der Waals surface area contributed by atoms with Crippen molar-refractivity contribution in [3.63, 3.8) is 0 Å². The lowest BCUT2D eigenvalue weighted by molar-refractivity contribution is -0.165. The van der Waals surface area contributed by atoms with Crippen LogP contribution in [0.5, 0.6) is 0 Å². The van der Waals surface area contributed by atoms with Crippen LogP contribution in [0.2, 0.25) is 0 Å². The second-order valence-electron chi connectivity index (χ2n) is 3.02. The topological polar surface area (TPSA) is 210 Å². The number of aliphatic hydroxyl groups excluding tert-OH is 3. The zero-order valence-corrected chi connectivity index (χ0v) is 9.20. The fourth-order valence-electron chi connectivity index (χ4n) is 0.523. The van der Waals surface area contributed by atoms with Crippen LogP contribution in [0.3, 0.4) is 0 Å². The molecule has 3 atom stereocenters. The average molecular weight is 284 g/mol. The van der Waals surface area contributed by atoms with Gasteiger partial charge in [-0.15, -0.1) is 0 Å². The van der Waals surface area contributed by atoms with E-state index >= 15 is 0 Å². The van der Waals surface area contributed by atoms with Crippen molar-refractivity contribution in [3.05, 3.63) is 0 Å². The van der Waals surface area contributed by atoms with Crippen molar-refractivity contribution >= 4 is 23.9 Å². The molecule has 0 aliphatic carbocycles. The number of carboxylic acids is 4. The standard InChI is InChI=1S/C4H6O6.C4H6O5/c5-1(3(7)8)2(6)4(9)10;5-2(4(8)9)1-3(6)7/h1-2,5-6H,(H,7,8)(H,9,10);2,5H,1H2,(H,6,7)(H,8,9). The highest BCUT2D eigenvalue weighted by Gasteiger charge is 2.29. The number of aliphatic carboxylic acids is 4. The predicted molar refractivity (Wildman–Crippen MR) is 53.2 cm³/mol. The Morgan fingerprint density at radius 2 is 1.00 bits per heavy atom. The summed E-state index contributed by atoms with van der Waals surface area (Å²) in [4.78, 5) is 39.0. The van der Waals surface area contributed by atoms with Crippen molar-refractivity contribution in [2.24, 2.45) is 0 Å². The second-order valence-corrected chi connectivity index (χ2v) is 3.02. The molecule has 11 nitrogen and oxygen atoms in total. The molecule has 0 aromatic heterocycles. The van der Waals surface area contributed by atoms with E-state index in [1.807, 2.05) is 0 Å². The van der Waals surface area contributed by atoms with Gasteiger partial charge in [-0.3, -0.25) is 4.79 Å². The number of rotatable bonds is 6. The number of carbonyl (C=O) groups is 4. The molecule has 0 saturated carbocycles. The predicted octanol–water partition coefficient (Wildman–Crippen LogP) is -3.22. The third-order valence-electron chi connectivity index (χ3n) is 1.46. The van der Waals surface area contributed by atoms with Crippen LogP contribution in [0.15, 0.2) is 0 Å². The Bertz CT molecular complexity index is 331. The van der Waals surface area contributed by atoms with Crippen LogP contribution in [0, 0.1) is 0 Å². The lowest BCUT2D eigenvalue weighted by atomic mass is 10.2. The molecule has 0 aliphatic heterocycles. The summed E-state index contributed by atoms with van der Waals surface area (Å²) >= 11 is 0. The molecular formula is C8H12O11. The molecule has 7 N–H and O–H groups in total. The molecule has 19 heavy (non-hydrogen) atoms. The molecule has 0 fully saturated rings. The van der Waals surface area contributed by atoms with Gasteiger partial charge in [-0.1, -0.05) is 0 Å². The zero-order chi connectivity index (χ0) is 15.7. The molecule has 11 heteroatoms. The fourth-order valence-corrected chi connectivity index (χ4v) is 0.523. The largest absolute Gasteiger partial charge is 0.481 e. The van der Waals surface area contributed by atoms with Crippen LogP contribution in [0.1, 0.15) is 6.42 Å². The SMILES string of the molecule is O=C(O)C(O)C(O)C(=O)O.O=C(O)CC(O)C(=O)O. The fraction of sp³-hybridized carbons (Fsp3) is 0.500. The van der Waals surface area contributed by atoms with E-state index in [0.717, 1.165) is 0 Å². The maximum atomic E-state index is 9.77. The van der Waals surface area contributed by atoms with E-state index in [0.29, 0.717) is 0 Å². The van der Waals surface area contributed by atoms with Gasteiger partial charge in [-0.25, -0.2) is 14.4 Å². The lowest BCUT2D eigenvalue weighted by Gasteiger charge is -2.07. The maximum absolute atomic E-state index is 9.77. The molecule has 0 saturated heterocycles. The van der Waals surface area contributed by atoms with Crippen molar-refractivity contribution < 1.29 is 54.9 Å². The Morgan fingerprint density at radius 3 is 1.11 bits per heavy atom. The summed E-state index contributed by atoms with van der Waals surface area (Å²) in [5, 5.41) is 56.7. The molecule has 3 unspecified atom stereocenters. The van der Waals surface area contributed by atoms with Crippen molar-refractivity contribution in [2.75, 3.05) is 0 Å². The molecule has 0 aromatic rings. The van der Waals surface area contributed by atoms with Gasteiger partial charge in [0.1, 0.15) is 0 Å². The zero-order valence-electron chi connectivity index (χ0n) is 9.20. The van der Waals surface area contributed by atoms with Crippen LogP contribution >= 0.6 is 0 Å². The summed E-state index contributed by atoms with van der Waals surface area (Å²) < 4.78 is 0. The van der Waals surface area contributed by atoms with Crippen LogP contribution in [0.4, 0.5) is 0 Å². The highest BCUT2D eigenvalue weighted by atomic mass is 16.4. The van der Waals surface area contributed by atoms with Gasteiger partial charge in [0.25, 0.3) is 0 Å². The van der Waals surface area contributed by atoms with Gasteiger partial charge in [0, 0.05) is 0 Å². The van der Waals surface area contributed by atoms with Crippen LogP contribution < -0.4 is 0 Å². The van der Waals surface area contributed by atoms with Crippen LogP contribution in [-0.2, 0) is 19.2 Å². The van der Waals surface area contributed by atoms with Crippen LogP contribution in [0.25, 0.3) is 0 Å². The molecule has 0 radical (unpaired) electrons.